The summed E-state index contributed by atoms with van der Waals surface area (Å²) in [6.45, 7) is 9.36. The first-order valence-electron chi connectivity index (χ1n) is 5.74. The summed E-state index contributed by atoms with van der Waals surface area (Å²) >= 11 is 0. The normalized spacial score (nSPS) is 31.6. The summed E-state index contributed by atoms with van der Waals surface area (Å²) in [5.41, 5.74) is 0. The zero-order valence-electron chi connectivity index (χ0n) is 9.88. The van der Waals surface area contributed by atoms with Gasteiger partial charge in [0, 0.05) is 12.1 Å². The summed E-state index contributed by atoms with van der Waals surface area (Å²) in [5, 5.41) is 0. The molecule has 1 aliphatic rings. The van der Waals surface area contributed by atoms with E-state index in [-0.39, 0.29) is 0 Å². The van der Waals surface area contributed by atoms with Crippen LogP contribution in [0.1, 0.15) is 47.0 Å². The van der Waals surface area contributed by atoms with Gasteiger partial charge in [-0.3, -0.25) is 0 Å². The van der Waals surface area contributed by atoms with Crippen LogP contribution in [0.15, 0.2) is 0 Å². The Morgan fingerprint density at radius 1 is 1.15 bits per heavy atom. The largest absolute Gasteiger partial charge is 0.301 e. The zero-order valence-corrected chi connectivity index (χ0v) is 9.88. The lowest BCUT2D eigenvalue weighted by molar-refractivity contribution is 0.153. The Hall–Kier alpha value is -0.0400. The average molecular weight is 183 g/mol. The maximum absolute atomic E-state index is 2.52. The molecule has 0 aromatic rings. The minimum atomic E-state index is 0.686. The fourth-order valence-corrected chi connectivity index (χ4v) is 2.49. The second-order valence-corrected chi connectivity index (χ2v) is 5.18. The summed E-state index contributed by atoms with van der Waals surface area (Å²) < 4.78 is 0. The second-order valence-electron chi connectivity index (χ2n) is 5.18. The number of hydrogen-bond donors (Lipinski definition) is 0. The van der Waals surface area contributed by atoms with Gasteiger partial charge in [0.1, 0.15) is 0 Å². The van der Waals surface area contributed by atoms with Gasteiger partial charge >= 0.3 is 0 Å². The lowest BCUT2D eigenvalue weighted by Crippen LogP contribution is -2.39. The smallest absolute Gasteiger partial charge is 0.00949 e. The Labute approximate surface area is 83.5 Å². The van der Waals surface area contributed by atoms with E-state index in [4.69, 9.17) is 0 Å². The van der Waals surface area contributed by atoms with Gasteiger partial charge in [-0.25, -0.2) is 0 Å². The van der Waals surface area contributed by atoms with Crippen LogP contribution in [0.5, 0.6) is 0 Å². The predicted octanol–water partition coefficient (Wildman–Crippen LogP) is 3.15. The molecule has 3 unspecified atom stereocenters. The van der Waals surface area contributed by atoms with Crippen molar-refractivity contribution in [2.75, 3.05) is 7.05 Å². The molecule has 0 aliphatic heterocycles. The lowest BCUT2D eigenvalue weighted by atomic mass is 9.96. The minimum absolute atomic E-state index is 0.686. The Morgan fingerprint density at radius 3 is 2.15 bits per heavy atom. The Kier molecular flexibility index (Phi) is 3.78. The highest BCUT2D eigenvalue weighted by atomic mass is 15.1. The van der Waals surface area contributed by atoms with E-state index < -0.39 is 0 Å². The molecule has 1 saturated carbocycles. The van der Waals surface area contributed by atoms with Crippen LogP contribution in [0.4, 0.5) is 0 Å². The molecule has 1 aliphatic carbocycles. The molecule has 0 aromatic carbocycles. The molecule has 0 amide bonds. The zero-order chi connectivity index (χ0) is 10.0. The van der Waals surface area contributed by atoms with Gasteiger partial charge in [0.05, 0.1) is 0 Å². The van der Waals surface area contributed by atoms with E-state index in [9.17, 15) is 0 Å². The summed E-state index contributed by atoms with van der Waals surface area (Å²) in [6, 6.07) is 1.45. The SMILES string of the molecule is CC1CCC(C(C)N(C)C(C)C)C1. The van der Waals surface area contributed by atoms with Gasteiger partial charge < -0.3 is 4.90 Å². The van der Waals surface area contributed by atoms with E-state index >= 15 is 0 Å². The Balaban J connectivity index is 2.43. The molecule has 1 fully saturated rings. The van der Waals surface area contributed by atoms with Crippen LogP contribution in [0.3, 0.4) is 0 Å². The summed E-state index contributed by atoms with van der Waals surface area (Å²) in [5.74, 6) is 1.91. The Morgan fingerprint density at radius 2 is 1.77 bits per heavy atom. The van der Waals surface area contributed by atoms with Crippen molar-refractivity contribution in [3.05, 3.63) is 0 Å². The quantitative estimate of drug-likeness (QED) is 0.649. The van der Waals surface area contributed by atoms with Crippen LogP contribution in [0.25, 0.3) is 0 Å². The van der Waals surface area contributed by atoms with Gasteiger partial charge in [-0.15, -0.1) is 0 Å². The molecule has 0 N–H and O–H groups in total. The van der Waals surface area contributed by atoms with Gasteiger partial charge in [-0.1, -0.05) is 13.3 Å². The highest BCUT2D eigenvalue weighted by molar-refractivity contribution is 4.82. The number of rotatable bonds is 3. The fourth-order valence-electron chi connectivity index (χ4n) is 2.49. The fraction of sp³-hybridized carbons (Fsp3) is 1.00. The molecule has 0 heterocycles. The Bertz CT molecular complexity index is 153. The molecule has 0 bridgehead atoms. The monoisotopic (exact) mass is 183 g/mol. The van der Waals surface area contributed by atoms with E-state index in [2.05, 4.69) is 39.6 Å². The molecule has 0 saturated heterocycles. The van der Waals surface area contributed by atoms with E-state index in [1.54, 1.807) is 0 Å². The third-order valence-electron chi connectivity index (χ3n) is 3.87. The summed E-state index contributed by atoms with van der Waals surface area (Å²) in [7, 11) is 2.26. The van der Waals surface area contributed by atoms with Crippen LogP contribution in [-0.2, 0) is 0 Å². The first-order valence-corrected chi connectivity index (χ1v) is 5.74. The van der Waals surface area contributed by atoms with Crippen molar-refractivity contribution in [1.29, 1.82) is 0 Å². The van der Waals surface area contributed by atoms with Gasteiger partial charge in [0.15, 0.2) is 0 Å². The van der Waals surface area contributed by atoms with Crippen LogP contribution >= 0.6 is 0 Å². The molecule has 3 atom stereocenters. The third-order valence-corrected chi connectivity index (χ3v) is 3.87. The third kappa shape index (κ3) is 2.70. The maximum Gasteiger partial charge on any atom is 0.00949 e. The van der Waals surface area contributed by atoms with Gasteiger partial charge in [0.25, 0.3) is 0 Å². The molecular formula is C12H25N. The molecule has 1 nitrogen and oxygen atoms in total. The predicted molar refractivity (Wildman–Crippen MR) is 58.9 cm³/mol. The maximum atomic E-state index is 2.52. The van der Waals surface area contributed by atoms with E-state index in [0.29, 0.717) is 6.04 Å². The molecular weight excluding hydrogens is 158 g/mol. The highest BCUT2D eigenvalue weighted by Gasteiger charge is 2.28. The summed E-state index contributed by atoms with van der Waals surface area (Å²) in [4.78, 5) is 2.52. The van der Waals surface area contributed by atoms with Gasteiger partial charge in [-0.2, -0.15) is 0 Å². The summed E-state index contributed by atoms with van der Waals surface area (Å²) in [6.07, 6.45) is 4.33. The molecule has 0 aromatic heterocycles. The average Bonchev–Trinajstić information content (AvgIpc) is 2.49. The van der Waals surface area contributed by atoms with Crippen molar-refractivity contribution >= 4 is 0 Å². The number of nitrogens with zero attached hydrogens (tertiary/aromatic N) is 1. The molecule has 1 heteroatoms. The van der Waals surface area contributed by atoms with Crippen LogP contribution < -0.4 is 0 Å². The molecule has 1 rings (SSSR count). The van der Waals surface area contributed by atoms with Crippen molar-refractivity contribution in [3.63, 3.8) is 0 Å². The highest BCUT2D eigenvalue weighted by Crippen LogP contribution is 2.34. The van der Waals surface area contributed by atoms with Crippen molar-refractivity contribution in [3.8, 4) is 0 Å². The van der Waals surface area contributed by atoms with E-state index in [0.717, 1.165) is 17.9 Å². The van der Waals surface area contributed by atoms with Crippen molar-refractivity contribution in [2.24, 2.45) is 11.8 Å². The van der Waals surface area contributed by atoms with Gasteiger partial charge in [0.2, 0.25) is 0 Å². The number of hydrogen-bond acceptors (Lipinski definition) is 1. The minimum Gasteiger partial charge on any atom is -0.301 e. The van der Waals surface area contributed by atoms with Crippen molar-refractivity contribution in [1.82, 2.24) is 4.90 Å². The first kappa shape index (κ1) is 11.0. The van der Waals surface area contributed by atoms with Crippen molar-refractivity contribution in [2.45, 2.75) is 59.0 Å². The topological polar surface area (TPSA) is 3.24 Å². The van der Waals surface area contributed by atoms with Crippen LogP contribution in [-0.4, -0.2) is 24.0 Å². The first-order chi connectivity index (χ1) is 6.02. The molecule has 0 spiro atoms. The van der Waals surface area contributed by atoms with Crippen LogP contribution in [0.2, 0.25) is 0 Å². The molecule has 13 heavy (non-hydrogen) atoms. The lowest BCUT2D eigenvalue weighted by Gasteiger charge is -2.32. The van der Waals surface area contributed by atoms with Crippen molar-refractivity contribution < 1.29 is 0 Å². The van der Waals surface area contributed by atoms with Crippen LogP contribution in [0, 0.1) is 11.8 Å². The van der Waals surface area contributed by atoms with Gasteiger partial charge in [-0.05, 0) is 52.5 Å². The second kappa shape index (κ2) is 4.45. The standard InChI is InChI=1S/C12H25N/c1-9(2)13(5)11(4)12-7-6-10(3)8-12/h9-12H,6-8H2,1-5H3. The molecule has 78 valence electrons. The molecule has 0 radical (unpaired) electrons. The van der Waals surface area contributed by atoms with E-state index in [1.807, 2.05) is 0 Å². The van der Waals surface area contributed by atoms with E-state index in [1.165, 1.54) is 19.3 Å².